The molecule has 1 aliphatic heterocycles. The smallest absolute Gasteiger partial charge is 0.211 e. The van der Waals surface area contributed by atoms with Crippen molar-refractivity contribution in [2.45, 2.75) is 25.7 Å². The number of nitrogens with one attached hydrogen (secondary N) is 1. The Morgan fingerprint density at radius 1 is 1.06 bits per heavy atom. The van der Waals surface area contributed by atoms with Crippen LogP contribution >= 0.6 is 0 Å². The summed E-state index contributed by atoms with van der Waals surface area (Å²) in [6.07, 6.45) is 5.88. The van der Waals surface area contributed by atoms with Gasteiger partial charge < -0.3 is 10.2 Å². The Bertz CT molecular complexity index is 344. The third kappa shape index (κ3) is 2.54. The van der Waals surface area contributed by atoms with E-state index < -0.39 is 0 Å². The van der Waals surface area contributed by atoms with E-state index >= 15 is 0 Å². The number of anilines is 2. The highest BCUT2D eigenvalue weighted by Gasteiger charge is 2.12. The van der Waals surface area contributed by atoms with Gasteiger partial charge in [0.15, 0.2) is 0 Å². The van der Waals surface area contributed by atoms with Crippen molar-refractivity contribution in [2.75, 3.05) is 23.3 Å². The van der Waals surface area contributed by atoms with Gasteiger partial charge in [0.1, 0.15) is 0 Å². The van der Waals surface area contributed by atoms with E-state index in [2.05, 4.69) is 16.3 Å². The summed E-state index contributed by atoms with van der Waals surface area (Å²) >= 11 is 0. The Balaban J connectivity index is 2.19. The molecule has 1 N–H and O–H groups in total. The Hall–Kier alpha value is -1.51. The summed E-state index contributed by atoms with van der Waals surface area (Å²) in [5, 5.41) is 2.77. The molecule has 3 nitrogen and oxygen atoms in total. The molecule has 1 aromatic carbocycles. The van der Waals surface area contributed by atoms with Gasteiger partial charge in [-0.05, 0) is 25.0 Å². The Labute approximate surface area is 96.5 Å². The summed E-state index contributed by atoms with van der Waals surface area (Å²) in [6.45, 7) is 2.19. The van der Waals surface area contributed by atoms with Gasteiger partial charge in [-0.15, -0.1) is 0 Å². The lowest BCUT2D eigenvalue weighted by Crippen LogP contribution is -2.24. The zero-order valence-corrected chi connectivity index (χ0v) is 9.48. The van der Waals surface area contributed by atoms with Gasteiger partial charge in [-0.2, -0.15) is 0 Å². The van der Waals surface area contributed by atoms with Gasteiger partial charge >= 0.3 is 0 Å². The maximum Gasteiger partial charge on any atom is 0.211 e. The molecule has 1 saturated heterocycles. The Kier molecular flexibility index (Phi) is 3.81. The molecule has 1 aromatic rings. The summed E-state index contributed by atoms with van der Waals surface area (Å²) < 4.78 is 0. The zero-order valence-electron chi connectivity index (χ0n) is 9.48. The Morgan fingerprint density at radius 3 is 2.44 bits per heavy atom. The van der Waals surface area contributed by atoms with Crippen LogP contribution in [0.1, 0.15) is 25.7 Å². The first-order valence-electron chi connectivity index (χ1n) is 5.96. The van der Waals surface area contributed by atoms with E-state index in [9.17, 15) is 4.79 Å². The average Bonchev–Trinajstić information content (AvgIpc) is 2.59. The minimum Gasteiger partial charge on any atom is -0.370 e. The summed E-state index contributed by atoms with van der Waals surface area (Å²) in [6, 6.07) is 8.01. The van der Waals surface area contributed by atoms with E-state index in [1.807, 2.05) is 18.2 Å². The van der Waals surface area contributed by atoms with E-state index in [4.69, 9.17) is 0 Å². The lowest BCUT2D eigenvalue weighted by atomic mass is 10.2. The highest BCUT2D eigenvalue weighted by molar-refractivity contribution is 5.81. The zero-order chi connectivity index (χ0) is 11.2. The number of carbonyl (C=O) groups excluding carboxylic acids is 1. The highest BCUT2D eigenvalue weighted by atomic mass is 16.1. The molecule has 0 aromatic heterocycles. The van der Waals surface area contributed by atoms with Crippen LogP contribution in [0.15, 0.2) is 24.3 Å². The molecule has 1 aliphatic rings. The SMILES string of the molecule is O=CNc1ccccc1N1CCCCCC1. The number of nitrogens with zero attached hydrogens (tertiary/aromatic N) is 1. The summed E-state index contributed by atoms with van der Waals surface area (Å²) in [5.41, 5.74) is 2.07. The second-order valence-corrected chi connectivity index (χ2v) is 4.18. The molecule has 1 fully saturated rings. The van der Waals surface area contributed by atoms with Crippen LogP contribution in [0.3, 0.4) is 0 Å². The standard InChI is InChI=1S/C13H18N2O/c16-11-14-12-7-3-4-8-13(12)15-9-5-1-2-6-10-15/h3-4,7-8,11H,1-2,5-6,9-10H2,(H,14,16). The fraction of sp³-hybridized carbons (Fsp3) is 0.462. The van der Waals surface area contributed by atoms with Crippen LogP contribution in [0.25, 0.3) is 0 Å². The summed E-state index contributed by atoms with van der Waals surface area (Å²) in [7, 11) is 0. The lowest BCUT2D eigenvalue weighted by molar-refractivity contribution is -0.105. The second kappa shape index (κ2) is 5.54. The van der Waals surface area contributed by atoms with Crippen LogP contribution in [0.5, 0.6) is 0 Å². The third-order valence-electron chi connectivity index (χ3n) is 3.07. The third-order valence-corrected chi connectivity index (χ3v) is 3.07. The molecule has 0 spiro atoms. The molecular weight excluding hydrogens is 200 g/mol. The number of amides is 1. The number of benzene rings is 1. The van der Waals surface area contributed by atoms with Crippen molar-refractivity contribution in [1.29, 1.82) is 0 Å². The first-order chi connectivity index (χ1) is 7.92. The maximum absolute atomic E-state index is 10.5. The quantitative estimate of drug-likeness (QED) is 0.791. The van der Waals surface area contributed by atoms with Crippen LogP contribution in [-0.4, -0.2) is 19.5 Å². The van der Waals surface area contributed by atoms with Crippen molar-refractivity contribution in [1.82, 2.24) is 0 Å². The molecule has 86 valence electrons. The molecular formula is C13H18N2O. The molecule has 0 bridgehead atoms. The average molecular weight is 218 g/mol. The van der Waals surface area contributed by atoms with Crippen LogP contribution in [0, 0.1) is 0 Å². The van der Waals surface area contributed by atoms with Crippen molar-refractivity contribution >= 4 is 17.8 Å². The van der Waals surface area contributed by atoms with Gasteiger partial charge in [0.25, 0.3) is 0 Å². The fourth-order valence-corrected chi connectivity index (χ4v) is 2.25. The summed E-state index contributed by atoms with van der Waals surface area (Å²) in [4.78, 5) is 12.9. The second-order valence-electron chi connectivity index (χ2n) is 4.18. The monoisotopic (exact) mass is 218 g/mol. The van der Waals surface area contributed by atoms with Crippen LogP contribution in [0.2, 0.25) is 0 Å². The van der Waals surface area contributed by atoms with Crippen molar-refractivity contribution in [3.63, 3.8) is 0 Å². The largest absolute Gasteiger partial charge is 0.370 e. The van der Waals surface area contributed by atoms with Gasteiger partial charge in [-0.3, -0.25) is 4.79 Å². The van der Waals surface area contributed by atoms with Gasteiger partial charge in [-0.25, -0.2) is 0 Å². The molecule has 1 heterocycles. The topological polar surface area (TPSA) is 32.3 Å². The highest BCUT2D eigenvalue weighted by Crippen LogP contribution is 2.27. The molecule has 2 rings (SSSR count). The lowest BCUT2D eigenvalue weighted by Gasteiger charge is -2.24. The van der Waals surface area contributed by atoms with Crippen molar-refractivity contribution < 1.29 is 4.79 Å². The maximum atomic E-state index is 10.5. The van der Waals surface area contributed by atoms with Crippen molar-refractivity contribution in [3.8, 4) is 0 Å². The fourth-order valence-electron chi connectivity index (χ4n) is 2.25. The van der Waals surface area contributed by atoms with Crippen molar-refractivity contribution in [3.05, 3.63) is 24.3 Å². The predicted octanol–water partition coefficient (Wildman–Crippen LogP) is 2.64. The van der Waals surface area contributed by atoms with Gasteiger partial charge in [-0.1, -0.05) is 25.0 Å². The number of hydrogen-bond acceptors (Lipinski definition) is 2. The molecule has 3 heteroatoms. The molecule has 0 radical (unpaired) electrons. The Morgan fingerprint density at radius 2 is 1.75 bits per heavy atom. The number of carbonyl (C=O) groups is 1. The van der Waals surface area contributed by atoms with Crippen LogP contribution < -0.4 is 10.2 Å². The molecule has 0 aliphatic carbocycles. The van der Waals surface area contributed by atoms with E-state index in [0.717, 1.165) is 30.9 Å². The number of hydrogen-bond donors (Lipinski definition) is 1. The van der Waals surface area contributed by atoms with E-state index in [1.165, 1.54) is 25.7 Å². The predicted molar refractivity (Wildman–Crippen MR) is 66.8 cm³/mol. The van der Waals surface area contributed by atoms with Crippen LogP contribution in [-0.2, 0) is 4.79 Å². The summed E-state index contributed by atoms with van der Waals surface area (Å²) in [5.74, 6) is 0. The normalized spacial score (nSPS) is 16.6. The minimum absolute atomic E-state index is 0.747. The molecule has 0 atom stereocenters. The van der Waals surface area contributed by atoms with Gasteiger partial charge in [0.05, 0.1) is 11.4 Å². The van der Waals surface area contributed by atoms with Gasteiger partial charge in [0, 0.05) is 13.1 Å². The number of rotatable bonds is 3. The first-order valence-corrected chi connectivity index (χ1v) is 5.96. The molecule has 16 heavy (non-hydrogen) atoms. The van der Waals surface area contributed by atoms with E-state index in [1.54, 1.807) is 0 Å². The molecule has 0 unspecified atom stereocenters. The first kappa shape index (κ1) is 11.0. The minimum atomic E-state index is 0.747. The van der Waals surface area contributed by atoms with E-state index in [0.29, 0.717) is 0 Å². The van der Waals surface area contributed by atoms with E-state index in [-0.39, 0.29) is 0 Å². The number of para-hydroxylation sites is 2. The van der Waals surface area contributed by atoms with Gasteiger partial charge in [0.2, 0.25) is 6.41 Å². The van der Waals surface area contributed by atoms with Crippen molar-refractivity contribution in [2.24, 2.45) is 0 Å². The molecule has 1 amide bonds. The van der Waals surface area contributed by atoms with Crippen LogP contribution in [0.4, 0.5) is 11.4 Å². The molecule has 0 saturated carbocycles.